The molecule has 0 saturated carbocycles. The first-order valence-electron chi connectivity index (χ1n) is 5.94. The number of carbonyl (C=O) groups is 1. The zero-order valence-corrected chi connectivity index (χ0v) is 11.0. The molecule has 0 aliphatic heterocycles. The lowest BCUT2D eigenvalue weighted by atomic mass is 10.2. The molecular formula is C13H21N3O2. The molecule has 18 heavy (non-hydrogen) atoms. The number of ether oxygens (including phenoxy) is 1. The van der Waals surface area contributed by atoms with Crippen LogP contribution in [0.4, 0.5) is 5.69 Å². The van der Waals surface area contributed by atoms with Gasteiger partial charge in [0.2, 0.25) is 0 Å². The Morgan fingerprint density at radius 2 is 2.00 bits per heavy atom. The van der Waals surface area contributed by atoms with Crippen molar-refractivity contribution in [2.45, 2.75) is 0 Å². The molecule has 5 nitrogen and oxygen atoms in total. The number of methoxy groups -OCH3 is 1. The molecule has 0 heterocycles. The van der Waals surface area contributed by atoms with Crippen LogP contribution < -0.4 is 11.1 Å². The summed E-state index contributed by atoms with van der Waals surface area (Å²) in [5, 5.41) is 2.86. The Bertz CT molecular complexity index is 365. The lowest BCUT2D eigenvalue weighted by Gasteiger charge is -2.16. The molecule has 1 rings (SSSR count). The number of anilines is 1. The molecule has 0 unspecified atom stereocenters. The second kappa shape index (κ2) is 7.68. The van der Waals surface area contributed by atoms with Crippen LogP contribution in [0.5, 0.6) is 0 Å². The van der Waals surface area contributed by atoms with Crippen LogP contribution in [0, 0.1) is 0 Å². The van der Waals surface area contributed by atoms with Crippen molar-refractivity contribution in [3.8, 4) is 0 Å². The number of likely N-dealkylation sites (N-methyl/N-ethyl adjacent to an activating group) is 1. The van der Waals surface area contributed by atoms with Crippen molar-refractivity contribution in [3.63, 3.8) is 0 Å². The minimum Gasteiger partial charge on any atom is -0.399 e. The number of carbonyl (C=O) groups excluding carboxylic acids is 1. The summed E-state index contributed by atoms with van der Waals surface area (Å²) in [5.74, 6) is -0.0739. The fraction of sp³-hybridized carbons (Fsp3) is 0.462. The van der Waals surface area contributed by atoms with Crippen molar-refractivity contribution in [3.05, 3.63) is 29.8 Å². The van der Waals surface area contributed by atoms with Crippen LogP contribution in [0.15, 0.2) is 24.3 Å². The van der Waals surface area contributed by atoms with Crippen molar-refractivity contribution in [2.24, 2.45) is 0 Å². The lowest BCUT2D eigenvalue weighted by molar-refractivity contribution is 0.0947. The second-order valence-electron chi connectivity index (χ2n) is 4.17. The van der Waals surface area contributed by atoms with Gasteiger partial charge in [-0.15, -0.1) is 0 Å². The maximum absolute atomic E-state index is 11.8. The highest BCUT2D eigenvalue weighted by Gasteiger charge is 2.04. The molecule has 0 fully saturated rings. The molecule has 0 aromatic heterocycles. The summed E-state index contributed by atoms with van der Waals surface area (Å²) < 4.78 is 4.98. The number of amides is 1. The van der Waals surface area contributed by atoms with Crippen molar-refractivity contribution in [1.29, 1.82) is 0 Å². The highest BCUT2D eigenvalue weighted by Crippen LogP contribution is 2.04. The number of hydrogen-bond donors (Lipinski definition) is 2. The summed E-state index contributed by atoms with van der Waals surface area (Å²) in [6, 6.07) is 6.89. The summed E-state index contributed by atoms with van der Waals surface area (Å²) >= 11 is 0. The molecule has 5 heteroatoms. The molecule has 0 aliphatic carbocycles. The summed E-state index contributed by atoms with van der Waals surface area (Å²) in [5.41, 5.74) is 6.85. The smallest absolute Gasteiger partial charge is 0.251 e. The topological polar surface area (TPSA) is 67.6 Å². The van der Waals surface area contributed by atoms with Crippen molar-refractivity contribution >= 4 is 11.6 Å². The second-order valence-corrected chi connectivity index (χ2v) is 4.17. The fourth-order valence-corrected chi connectivity index (χ4v) is 1.46. The van der Waals surface area contributed by atoms with Crippen LogP contribution in [-0.2, 0) is 4.74 Å². The third kappa shape index (κ3) is 5.16. The summed E-state index contributed by atoms with van der Waals surface area (Å²) in [6.07, 6.45) is 0. The van der Waals surface area contributed by atoms with E-state index in [4.69, 9.17) is 10.5 Å². The minimum absolute atomic E-state index is 0.0739. The van der Waals surface area contributed by atoms with E-state index in [1.807, 2.05) is 7.05 Å². The van der Waals surface area contributed by atoms with Crippen molar-refractivity contribution in [2.75, 3.05) is 46.1 Å². The number of nitrogens with two attached hydrogens (primary N) is 1. The maximum atomic E-state index is 11.8. The largest absolute Gasteiger partial charge is 0.399 e. The maximum Gasteiger partial charge on any atom is 0.251 e. The molecule has 1 amide bonds. The molecule has 1 aromatic rings. The van der Waals surface area contributed by atoms with Gasteiger partial charge in [0.25, 0.3) is 5.91 Å². The van der Waals surface area contributed by atoms with Crippen molar-refractivity contribution in [1.82, 2.24) is 10.2 Å². The predicted molar refractivity (Wildman–Crippen MR) is 72.6 cm³/mol. The molecule has 0 atom stereocenters. The summed E-state index contributed by atoms with van der Waals surface area (Å²) in [7, 11) is 3.67. The van der Waals surface area contributed by atoms with Crippen LogP contribution in [0.1, 0.15) is 10.4 Å². The normalized spacial score (nSPS) is 10.6. The Balaban J connectivity index is 2.27. The predicted octanol–water partition coefficient (Wildman–Crippen LogP) is 0.577. The van der Waals surface area contributed by atoms with Gasteiger partial charge in [0, 0.05) is 38.0 Å². The third-order valence-corrected chi connectivity index (χ3v) is 2.63. The number of benzene rings is 1. The van der Waals surface area contributed by atoms with E-state index in [0.29, 0.717) is 24.4 Å². The first-order valence-corrected chi connectivity index (χ1v) is 5.94. The molecule has 0 saturated heterocycles. The quantitative estimate of drug-likeness (QED) is 0.696. The van der Waals surface area contributed by atoms with Crippen LogP contribution in [0.2, 0.25) is 0 Å². The number of nitrogens with one attached hydrogen (secondary N) is 1. The Morgan fingerprint density at radius 3 is 2.61 bits per heavy atom. The number of rotatable bonds is 7. The Morgan fingerprint density at radius 1 is 1.33 bits per heavy atom. The van der Waals surface area contributed by atoms with E-state index in [0.717, 1.165) is 13.1 Å². The van der Waals surface area contributed by atoms with Gasteiger partial charge in [-0.1, -0.05) is 0 Å². The zero-order valence-electron chi connectivity index (χ0n) is 11.0. The Kier molecular flexibility index (Phi) is 6.18. The first-order chi connectivity index (χ1) is 8.63. The number of hydrogen-bond acceptors (Lipinski definition) is 4. The molecule has 1 aromatic carbocycles. The molecule has 0 spiro atoms. The molecule has 3 N–H and O–H groups in total. The highest BCUT2D eigenvalue weighted by atomic mass is 16.5. The Labute approximate surface area is 108 Å². The number of nitrogens with zero attached hydrogens (tertiary/aromatic N) is 1. The van der Waals surface area contributed by atoms with Crippen LogP contribution >= 0.6 is 0 Å². The van der Waals surface area contributed by atoms with Gasteiger partial charge in [-0.05, 0) is 31.3 Å². The molecule has 0 aliphatic rings. The monoisotopic (exact) mass is 251 g/mol. The van der Waals surface area contributed by atoms with Gasteiger partial charge in [-0.3, -0.25) is 4.79 Å². The van der Waals surface area contributed by atoms with Gasteiger partial charge in [0.15, 0.2) is 0 Å². The van der Waals surface area contributed by atoms with E-state index in [1.54, 1.807) is 31.4 Å². The SMILES string of the molecule is COCCN(C)CCNC(=O)c1ccc(N)cc1. The number of nitrogen functional groups attached to an aromatic ring is 1. The van der Waals surface area contributed by atoms with E-state index in [9.17, 15) is 4.79 Å². The van der Waals surface area contributed by atoms with Crippen LogP contribution in [0.25, 0.3) is 0 Å². The van der Waals surface area contributed by atoms with Gasteiger partial charge < -0.3 is 20.7 Å². The van der Waals surface area contributed by atoms with E-state index in [-0.39, 0.29) is 5.91 Å². The van der Waals surface area contributed by atoms with Crippen LogP contribution in [-0.4, -0.2) is 51.2 Å². The van der Waals surface area contributed by atoms with Crippen LogP contribution in [0.3, 0.4) is 0 Å². The van der Waals surface area contributed by atoms with Gasteiger partial charge >= 0.3 is 0 Å². The molecular weight excluding hydrogens is 230 g/mol. The van der Waals surface area contributed by atoms with Crippen molar-refractivity contribution < 1.29 is 9.53 Å². The minimum atomic E-state index is -0.0739. The average Bonchev–Trinajstić information content (AvgIpc) is 2.37. The van der Waals surface area contributed by atoms with Gasteiger partial charge in [0.05, 0.1) is 6.61 Å². The van der Waals surface area contributed by atoms with E-state index in [1.165, 1.54) is 0 Å². The lowest BCUT2D eigenvalue weighted by Crippen LogP contribution is -2.34. The Hall–Kier alpha value is -1.59. The van der Waals surface area contributed by atoms with E-state index >= 15 is 0 Å². The summed E-state index contributed by atoms with van der Waals surface area (Å²) in [6.45, 7) is 2.96. The van der Waals surface area contributed by atoms with Gasteiger partial charge in [-0.25, -0.2) is 0 Å². The molecule has 0 radical (unpaired) electrons. The summed E-state index contributed by atoms with van der Waals surface area (Å²) in [4.78, 5) is 13.9. The van der Waals surface area contributed by atoms with Gasteiger partial charge in [0.1, 0.15) is 0 Å². The molecule has 100 valence electrons. The first kappa shape index (κ1) is 14.5. The van der Waals surface area contributed by atoms with E-state index < -0.39 is 0 Å². The fourth-order valence-electron chi connectivity index (χ4n) is 1.46. The molecule has 0 bridgehead atoms. The zero-order chi connectivity index (χ0) is 13.4. The van der Waals surface area contributed by atoms with Gasteiger partial charge in [-0.2, -0.15) is 0 Å². The average molecular weight is 251 g/mol. The standard InChI is InChI=1S/C13H21N3O2/c1-16(9-10-18-2)8-7-15-13(17)11-3-5-12(14)6-4-11/h3-6H,7-10,14H2,1-2H3,(H,15,17). The highest BCUT2D eigenvalue weighted by molar-refractivity contribution is 5.94. The third-order valence-electron chi connectivity index (χ3n) is 2.63. The van der Waals surface area contributed by atoms with E-state index in [2.05, 4.69) is 10.2 Å².